The van der Waals surface area contributed by atoms with Crippen LogP contribution in [0, 0.1) is 0 Å². The first-order valence-corrected chi connectivity index (χ1v) is 11.2. The van der Waals surface area contributed by atoms with Gasteiger partial charge in [0.25, 0.3) is 5.56 Å². The summed E-state index contributed by atoms with van der Waals surface area (Å²) >= 11 is 2.98. The Balaban J connectivity index is 0.00000240. The summed E-state index contributed by atoms with van der Waals surface area (Å²) in [7, 11) is 1.66. The lowest BCUT2D eigenvalue weighted by Crippen LogP contribution is -2.14. The van der Waals surface area contributed by atoms with Crippen molar-refractivity contribution in [2.24, 2.45) is 4.99 Å². The van der Waals surface area contributed by atoms with Crippen LogP contribution in [0.4, 0.5) is 5.69 Å². The van der Waals surface area contributed by atoms with E-state index in [1.165, 1.54) is 24.2 Å². The number of fused-ring (bicyclic) bond motifs is 1. The van der Waals surface area contributed by atoms with Gasteiger partial charge in [-0.2, -0.15) is 0 Å². The predicted octanol–water partition coefficient (Wildman–Crippen LogP) is 5.06. The maximum Gasteiger partial charge on any atom is 0.268 e. The van der Waals surface area contributed by atoms with E-state index in [0.717, 1.165) is 35.0 Å². The largest absolute Gasteiger partial charge is 0.497 e. The first kappa shape index (κ1) is 21.7. The fraction of sp³-hybridized carbons (Fsp3) is 0.350. The summed E-state index contributed by atoms with van der Waals surface area (Å²) in [5, 5.41) is 6.16. The van der Waals surface area contributed by atoms with Gasteiger partial charge in [-0.05, 0) is 48.6 Å². The van der Waals surface area contributed by atoms with Crippen LogP contribution in [0.15, 0.2) is 45.5 Å². The number of H-pyrrole nitrogens is 1. The van der Waals surface area contributed by atoms with Crippen LogP contribution in [0.3, 0.4) is 0 Å². The molecule has 6 nitrogen and oxygen atoms in total. The van der Waals surface area contributed by atoms with Gasteiger partial charge in [0.05, 0.1) is 24.4 Å². The van der Waals surface area contributed by atoms with E-state index >= 15 is 0 Å². The average molecular weight is 451 g/mol. The van der Waals surface area contributed by atoms with Crippen molar-refractivity contribution in [3.05, 3.63) is 51.9 Å². The first-order valence-electron chi connectivity index (χ1n) is 9.29. The molecule has 0 bridgehead atoms. The summed E-state index contributed by atoms with van der Waals surface area (Å²) < 4.78 is 5.89. The number of thiophene rings is 1. The number of halogens is 1. The Morgan fingerprint density at radius 3 is 2.79 bits per heavy atom. The molecule has 2 N–H and O–H groups in total. The zero-order chi connectivity index (χ0) is 19.3. The highest BCUT2D eigenvalue weighted by molar-refractivity contribution is 8.13. The van der Waals surface area contributed by atoms with Gasteiger partial charge in [0.2, 0.25) is 0 Å². The number of amidine groups is 1. The number of aromatic amines is 1. The monoisotopic (exact) mass is 450 g/mol. The fourth-order valence-electron chi connectivity index (χ4n) is 3.23. The quantitative estimate of drug-likeness (QED) is 0.419. The van der Waals surface area contributed by atoms with E-state index in [1.807, 2.05) is 35.7 Å². The molecule has 0 saturated heterocycles. The average Bonchev–Trinajstić information content (AvgIpc) is 3.39. The minimum absolute atomic E-state index is 0. The molecular weight excluding hydrogens is 428 g/mol. The number of hydrogen-bond donors (Lipinski definition) is 2. The van der Waals surface area contributed by atoms with Gasteiger partial charge in [-0.25, -0.2) is 4.98 Å². The molecule has 1 aromatic carbocycles. The van der Waals surface area contributed by atoms with Crippen LogP contribution in [0.5, 0.6) is 5.75 Å². The number of ether oxygens (including phenoxy) is 1. The molecule has 3 aromatic rings. The lowest BCUT2D eigenvalue weighted by molar-refractivity contribution is 0.415. The molecule has 29 heavy (non-hydrogen) atoms. The van der Waals surface area contributed by atoms with Crippen molar-refractivity contribution in [2.75, 3.05) is 12.4 Å². The van der Waals surface area contributed by atoms with Crippen molar-refractivity contribution in [3.8, 4) is 5.75 Å². The standard InChI is InChI=1S/C20H22N4O2S2.ClH/c1-26-15-8-6-14(7-9-15)22-20(21-13-4-2-3-5-13)28-12-17-23-16-10-11-27-18(16)19(25)24-17;/h6-11,13H,2-5,12H2,1H3,(H,21,22)(H,23,24,25);1H. The van der Waals surface area contributed by atoms with Crippen LogP contribution in [0.25, 0.3) is 10.2 Å². The van der Waals surface area contributed by atoms with Crippen LogP contribution in [0.2, 0.25) is 0 Å². The Morgan fingerprint density at radius 1 is 1.31 bits per heavy atom. The van der Waals surface area contributed by atoms with E-state index in [9.17, 15) is 4.79 Å². The second-order valence-electron chi connectivity index (χ2n) is 6.66. The molecular formula is C20H23ClN4O2S2. The minimum atomic E-state index is -0.0759. The summed E-state index contributed by atoms with van der Waals surface area (Å²) in [5.74, 6) is 2.03. The third-order valence-corrected chi connectivity index (χ3v) is 6.48. The van der Waals surface area contributed by atoms with E-state index in [2.05, 4.69) is 15.3 Å². The van der Waals surface area contributed by atoms with Gasteiger partial charge in [-0.15, -0.1) is 23.7 Å². The number of rotatable bonds is 5. The maximum absolute atomic E-state index is 12.2. The van der Waals surface area contributed by atoms with Crippen molar-refractivity contribution in [1.29, 1.82) is 0 Å². The number of anilines is 1. The number of nitrogens with zero attached hydrogens (tertiary/aromatic N) is 2. The highest BCUT2D eigenvalue weighted by atomic mass is 35.5. The van der Waals surface area contributed by atoms with Gasteiger partial charge >= 0.3 is 0 Å². The molecule has 9 heteroatoms. The first-order chi connectivity index (χ1) is 13.7. The third-order valence-electron chi connectivity index (χ3n) is 4.68. The molecule has 2 aromatic heterocycles. The van der Waals surface area contributed by atoms with E-state index in [0.29, 0.717) is 22.3 Å². The lowest BCUT2D eigenvalue weighted by atomic mass is 10.3. The van der Waals surface area contributed by atoms with E-state index in [-0.39, 0.29) is 18.0 Å². The van der Waals surface area contributed by atoms with Crippen LogP contribution in [-0.4, -0.2) is 28.3 Å². The SMILES string of the molecule is COc1ccc(NC(=NC2CCCC2)SCc2nc3ccsc3c(=O)[nH]2)cc1.Cl. The molecule has 0 atom stereocenters. The molecule has 4 rings (SSSR count). The molecule has 0 aliphatic heterocycles. The predicted molar refractivity (Wildman–Crippen MR) is 125 cm³/mol. The van der Waals surface area contributed by atoms with Crippen LogP contribution >= 0.6 is 35.5 Å². The fourth-order valence-corrected chi connectivity index (χ4v) is 4.78. The topological polar surface area (TPSA) is 79.4 Å². The molecule has 1 aliphatic rings. The molecule has 0 radical (unpaired) electrons. The maximum atomic E-state index is 12.2. The number of hydrogen-bond acceptors (Lipinski definition) is 6. The van der Waals surface area contributed by atoms with Crippen molar-refractivity contribution < 1.29 is 4.74 Å². The van der Waals surface area contributed by atoms with Crippen molar-refractivity contribution in [3.63, 3.8) is 0 Å². The van der Waals surface area contributed by atoms with Gasteiger partial charge in [0, 0.05) is 5.69 Å². The Kier molecular flexibility index (Phi) is 7.57. The van der Waals surface area contributed by atoms with Crippen molar-refractivity contribution >= 4 is 56.6 Å². The Bertz CT molecular complexity index is 1030. The molecule has 0 spiro atoms. The molecule has 1 fully saturated rings. The van der Waals surface area contributed by atoms with Gasteiger partial charge in [0.15, 0.2) is 5.17 Å². The summed E-state index contributed by atoms with van der Waals surface area (Å²) in [6, 6.07) is 10.0. The lowest BCUT2D eigenvalue weighted by Gasteiger charge is -2.13. The molecule has 1 aliphatic carbocycles. The van der Waals surface area contributed by atoms with Gasteiger partial charge in [-0.1, -0.05) is 24.6 Å². The minimum Gasteiger partial charge on any atom is -0.497 e. The molecule has 0 amide bonds. The number of aliphatic imine (C=N–C) groups is 1. The molecule has 1 saturated carbocycles. The normalized spacial score (nSPS) is 14.7. The number of methoxy groups -OCH3 is 1. The third kappa shape index (κ3) is 5.52. The van der Waals surface area contributed by atoms with E-state index in [4.69, 9.17) is 9.73 Å². The summed E-state index contributed by atoms with van der Waals surface area (Å²) in [4.78, 5) is 24.6. The van der Waals surface area contributed by atoms with Gasteiger partial charge in [0.1, 0.15) is 16.3 Å². The zero-order valence-corrected chi connectivity index (χ0v) is 18.5. The van der Waals surface area contributed by atoms with Gasteiger partial charge < -0.3 is 15.0 Å². The van der Waals surface area contributed by atoms with E-state index in [1.54, 1.807) is 18.9 Å². The van der Waals surface area contributed by atoms with Crippen LogP contribution in [-0.2, 0) is 5.75 Å². The zero-order valence-electron chi connectivity index (χ0n) is 16.0. The summed E-state index contributed by atoms with van der Waals surface area (Å²) in [6.45, 7) is 0. The molecule has 154 valence electrons. The number of nitrogens with one attached hydrogen (secondary N) is 2. The molecule has 2 heterocycles. The second kappa shape index (κ2) is 10.1. The summed E-state index contributed by atoms with van der Waals surface area (Å²) in [5.41, 5.74) is 1.63. The molecule has 0 unspecified atom stereocenters. The number of benzene rings is 1. The van der Waals surface area contributed by atoms with Crippen LogP contribution < -0.4 is 15.6 Å². The Hall–Kier alpha value is -2.03. The van der Waals surface area contributed by atoms with Crippen LogP contribution in [0.1, 0.15) is 31.5 Å². The summed E-state index contributed by atoms with van der Waals surface area (Å²) in [6.07, 6.45) is 4.73. The second-order valence-corrected chi connectivity index (χ2v) is 8.54. The number of thioether (sulfide) groups is 1. The van der Waals surface area contributed by atoms with E-state index < -0.39 is 0 Å². The Labute approximate surface area is 183 Å². The van der Waals surface area contributed by atoms with Crippen molar-refractivity contribution in [2.45, 2.75) is 37.5 Å². The highest BCUT2D eigenvalue weighted by Crippen LogP contribution is 2.25. The number of aromatic nitrogens is 2. The van der Waals surface area contributed by atoms with Gasteiger partial charge in [-0.3, -0.25) is 9.79 Å². The smallest absolute Gasteiger partial charge is 0.268 e. The highest BCUT2D eigenvalue weighted by Gasteiger charge is 2.16. The van der Waals surface area contributed by atoms with Crippen molar-refractivity contribution in [1.82, 2.24) is 9.97 Å². The Morgan fingerprint density at radius 2 is 2.07 bits per heavy atom.